The predicted octanol–water partition coefficient (Wildman–Crippen LogP) is 4.69. The van der Waals surface area contributed by atoms with Gasteiger partial charge in [-0.25, -0.2) is 4.79 Å². The highest BCUT2D eigenvalue weighted by atomic mass is 32.1. The molecule has 1 aliphatic carbocycles. The van der Waals surface area contributed by atoms with Crippen molar-refractivity contribution >= 4 is 27.5 Å². The second kappa shape index (κ2) is 11.2. The SMILES string of the molecule is CCCCCNC(=O)C1CCC(Cn2c(=O)c3sccc3n(Cc3ccc(C)cc3)c2=O)CC1. The van der Waals surface area contributed by atoms with E-state index in [2.05, 4.69) is 12.2 Å². The van der Waals surface area contributed by atoms with Crippen LogP contribution in [0.25, 0.3) is 10.2 Å². The van der Waals surface area contributed by atoms with Crippen molar-refractivity contribution in [3.05, 3.63) is 67.7 Å². The predicted molar refractivity (Wildman–Crippen MR) is 139 cm³/mol. The van der Waals surface area contributed by atoms with Gasteiger partial charge in [-0.3, -0.25) is 18.7 Å². The van der Waals surface area contributed by atoms with Gasteiger partial charge in [0.1, 0.15) is 4.70 Å². The number of hydrogen-bond acceptors (Lipinski definition) is 4. The van der Waals surface area contributed by atoms with Gasteiger partial charge in [-0.15, -0.1) is 11.3 Å². The summed E-state index contributed by atoms with van der Waals surface area (Å²) in [4.78, 5) is 39.1. The van der Waals surface area contributed by atoms with Crippen molar-refractivity contribution in [1.29, 1.82) is 0 Å². The summed E-state index contributed by atoms with van der Waals surface area (Å²) in [5.41, 5.74) is 2.49. The molecule has 34 heavy (non-hydrogen) atoms. The lowest BCUT2D eigenvalue weighted by Crippen LogP contribution is -2.42. The van der Waals surface area contributed by atoms with Crippen LogP contribution in [0.5, 0.6) is 0 Å². The van der Waals surface area contributed by atoms with Crippen molar-refractivity contribution in [2.45, 2.75) is 71.9 Å². The largest absolute Gasteiger partial charge is 0.356 e. The summed E-state index contributed by atoms with van der Waals surface area (Å²) < 4.78 is 3.79. The molecule has 0 aliphatic heterocycles. The van der Waals surface area contributed by atoms with Crippen LogP contribution >= 0.6 is 11.3 Å². The van der Waals surface area contributed by atoms with Gasteiger partial charge in [0.2, 0.25) is 5.91 Å². The Morgan fingerprint density at radius 1 is 1.03 bits per heavy atom. The van der Waals surface area contributed by atoms with Crippen LogP contribution in [0.1, 0.15) is 63.0 Å². The zero-order valence-electron chi connectivity index (χ0n) is 20.2. The molecule has 182 valence electrons. The third-order valence-electron chi connectivity index (χ3n) is 7.04. The van der Waals surface area contributed by atoms with E-state index < -0.39 is 0 Å². The van der Waals surface area contributed by atoms with Crippen LogP contribution in [-0.2, 0) is 17.9 Å². The Hall–Kier alpha value is -2.67. The maximum Gasteiger partial charge on any atom is 0.331 e. The van der Waals surface area contributed by atoms with Crippen LogP contribution in [-0.4, -0.2) is 21.6 Å². The lowest BCUT2D eigenvalue weighted by Gasteiger charge is -2.28. The average molecular weight is 482 g/mol. The smallest absolute Gasteiger partial charge is 0.331 e. The number of thiophene rings is 1. The molecule has 1 aliphatic rings. The monoisotopic (exact) mass is 481 g/mol. The van der Waals surface area contributed by atoms with Gasteiger partial charge in [-0.1, -0.05) is 49.6 Å². The number of aromatic nitrogens is 2. The molecule has 1 saturated carbocycles. The van der Waals surface area contributed by atoms with Gasteiger partial charge in [0.05, 0.1) is 12.1 Å². The third-order valence-corrected chi connectivity index (χ3v) is 7.93. The van der Waals surface area contributed by atoms with Crippen molar-refractivity contribution in [2.24, 2.45) is 11.8 Å². The van der Waals surface area contributed by atoms with Crippen molar-refractivity contribution in [3.63, 3.8) is 0 Å². The van der Waals surface area contributed by atoms with Crippen LogP contribution in [0.3, 0.4) is 0 Å². The first-order valence-electron chi connectivity index (χ1n) is 12.5. The van der Waals surface area contributed by atoms with Crippen LogP contribution in [0.15, 0.2) is 45.3 Å². The van der Waals surface area contributed by atoms with E-state index in [4.69, 9.17) is 0 Å². The highest BCUT2D eigenvalue weighted by molar-refractivity contribution is 7.17. The average Bonchev–Trinajstić information content (AvgIpc) is 3.34. The molecular formula is C27H35N3O3S. The summed E-state index contributed by atoms with van der Waals surface area (Å²) in [5, 5.41) is 4.96. The van der Waals surface area contributed by atoms with Gasteiger partial charge in [-0.05, 0) is 62.0 Å². The summed E-state index contributed by atoms with van der Waals surface area (Å²) in [6.07, 6.45) is 6.66. The Kier molecular flexibility index (Phi) is 8.03. The number of aryl methyl sites for hydroxylation is 1. The number of unbranched alkanes of at least 4 members (excludes halogenated alkanes) is 2. The van der Waals surface area contributed by atoms with Crippen molar-refractivity contribution in [2.75, 3.05) is 6.54 Å². The van der Waals surface area contributed by atoms with E-state index in [0.717, 1.165) is 57.1 Å². The molecule has 1 fully saturated rings. The fourth-order valence-electron chi connectivity index (χ4n) is 4.92. The fraction of sp³-hybridized carbons (Fsp3) is 0.519. The molecule has 0 bridgehead atoms. The number of amides is 1. The zero-order valence-corrected chi connectivity index (χ0v) is 21.0. The Morgan fingerprint density at radius 2 is 1.76 bits per heavy atom. The van der Waals surface area contributed by atoms with Gasteiger partial charge in [0.25, 0.3) is 5.56 Å². The van der Waals surface area contributed by atoms with E-state index in [1.54, 1.807) is 4.57 Å². The molecule has 7 heteroatoms. The summed E-state index contributed by atoms with van der Waals surface area (Å²) in [6.45, 7) is 5.81. The number of hydrogen-bond donors (Lipinski definition) is 1. The van der Waals surface area contributed by atoms with E-state index in [1.807, 2.05) is 42.6 Å². The van der Waals surface area contributed by atoms with Crippen molar-refractivity contribution < 1.29 is 4.79 Å². The number of rotatable bonds is 9. The number of carbonyl (C=O) groups is 1. The summed E-state index contributed by atoms with van der Waals surface area (Å²) >= 11 is 1.40. The van der Waals surface area contributed by atoms with Crippen LogP contribution in [0.2, 0.25) is 0 Å². The minimum atomic E-state index is -0.243. The van der Waals surface area contributed by atoms with Crippen LogP contribution < -0.4 is 16.6 Å². The standard InChI is InChI=1S/C27H35N3O3S/c1-3-4-5-15-28-25(31)22-12-10-21(11-13-22)18-30-26(32)24-23(14-16-34-24)29(27(30)33)17-20-8-6-19(2)7-9-20/h6-9,14,16,21-22H,3-5,10-13,15,17-18H2,1-2H3,(H,28,31). The molecule has 0 saturated heterocycles. The summed E-state index contributed by atoms with van der Waals surface area (Å²) in [6, 6.07) is 10.0. The normalized spacial score (nSPS) is 18.3. The van der Waals surface area contributed by atoms with Crippen LogP contribution in [0.4, 0.5) is 0 Å². The molecule has 0 radical (unpaired) electrons. The first kappa shape index (κ1) is 24.5. The molecule has 0 spiro atoms. The molecular weight excluding hydrogens is 446 g/mol. The lowest BCUT2D eigenvalue weighted by atomic mass is 9.81. The molecule has 1 aromatic carbocycles. The first-order chi connectivity index (χ1) is 16.5. The molecule has 4 rings (SSSR count). The summed E-state index contributed by atoms with van der Waals surface area (Å²) in [5.74, 6) is 0.444. The van der Waals surface area contributed by atoms with Gasteiger partial charge in [-0.2, -0.15) is 0 Å². The zero-order chi connectivity index (χ0) is 24.1. The molecule has 0 atom stereocenters. The number of carbonyl (C=O) groups excluding carboxylic acids is 1. The van der Waals surface area contributed by atoms with E-state index in [0.29, 0.717) is 23.3 Å². The van der Waals surface area contributed by atoms with Gasteiger partial charge >= 0.3 is 5.69 Å². The first-order valence-corrected chi connectivity index (χ1v) is 13.4. The molecule has 2 aromatic heterocycles. The maximum atomic E-state index is 13.5. The highest BCUT2D eigenvalue weighted by Crippen LogP contribution is 2.30. The van der Waals surface area contributed by atoms with E-state index in [1.165, 1.54) is 21.5 Å². The minimum absolute atomic E-state index is 0.0487. The number of nitrogens with one attached hydrogen (secondary N) is 1. The van der Waals surface area contributed by atoms with Gasteiger partial charge in [0, 0.05) is 19.0 Å². The molecule has 2 heterocycles. The summed E-state index contributed by atoms with van der Waals surface area (Å²) in [7, 11) is 0. The number of fused-ring (bicyclic) bond motifs is 1. The van der Waals surface area contributed by atoms with E-state index >= 15 is 0 Å². The van der Waals surface area contributed by atoms with Crippen LogP contribution in [0, 0.1) is 18.8 Å². The van der Waals surface area contributed by atoms with Crippen molar-refractivity contribution in [3.8, 4) is 0 Å². The molecule has 0 unspecified atom stereocenters. The third kappa shape index (κ3) is 5.52. The van der Waals surface area contributed by atoms with E-state index in [-0.39, 0.29) is 29.0 Å². The molecule has 1 amide bonds. The molecule has 6 nitrogen and oxygen atoms in total. The topological polar surface area (TPSA) is 73.1 Å². The molecule has 3 aromatic rings. The Labute approximate surface area is 204 Å². The lowest BCUT2D eigenvalue weighted by molar-refractivity contribution is -0.126. The highest BCUT2D eigenvalue weighted by Gasteiger charge is 2.27. The fourth-order valence-corrected chi connectivity index (χ4v) is 5.76. The number of nitrogens with zero attached hydrogens (tertiary/aromatic N) is 2. The Morgan fingerprint density at radius 3 is 2.47 bits per heavy atom. The van der Waals surface area contributed by atoms with Gasteiger partial charge < -0.3 is 5.32 Å². The Bertz CT molecular complexity index is 1230. The second-order valence-corrected chi connectivity index (χ2v) is 10.5. The van der Waals surface area contributed by atoms with Crippen molar-refractivity contribution in [1.82, 2.24) is 14.5 Å². The quantitative estimate of drug-likeness (QED) is 0.451. The molecule has 1 N–H and O–H groups in total. The second-order valence-electron chi connectivity index (χ2n) is 9.62. The maximum absolute atomic E-state index is 13.5. The number of benzene rings is 1. The minimum Gasteiger partial charge on any atom is -0.356 e. The van der Waals surface area contributed by atoms with Gasteiger partial charge in [0.15, 0.2) is 0 Å². The van der Waals surface area contributed by atoms with E-state index in [9.17, 15) is 14.4 Å². The Balaban J connectivity index is 1.47.